The molecule has 3 nitrogen and oxygen atoms in total. The van der Waals surface area contributed by atoms with Crippen LogP contribution in [0.2, 0.25) is 0 Å². The number of rotatable bonds is 4. The quantitative estimate of drug-likeness (QED) is 0.780. The number of pyridine rings is 1. The molecule has 3 aromatic rings. The number of aryl methyl sites for hydroxylation is 2. The number of fused-ring (bicyclic) bond motifs is 1. The van der Waals surface area contributed by atoms with Crippen molar-refractivity contribution in [3.05, 3.63) is 53.0 Å². The standard InChI is InChI=1S/C19H21N3S/c20-18-16-4-3-11-21-19(16)23-17(18)10-7-14-5-8-15(9-6-14)22-12-1-2-13-22/h3-6,8-9,11H,1-2,7,10,12-13,20H2. The van der Waals surface area contributed by atoms with Crippen LogP contribution in [0.3, 0.4) is 0 Å². The highest BCUT2D eigenvalue weighted by Gasteiger charge is 2.12. The molecule has 0 saturated carbocycles. The lowest BCUT2D eigenvalue weighted by atomic mass is 10.1. The molecule has 0 spiro atoms. The molecule has 4 rings (SSSR count). The second-order valence-corrected chi connectivity index (χ2v) is 7.24. The Labute approximate surface area is 140 Å². The summed E-state index contributed by atoms with van der Waals surface area (Å²) in [6.07, 6.45) is 6.48. The van der Waals surface area contributed by atoms with Crippen molar-refractivity contribution in [1.82, 2.24) is 4.98 Å². The fourth-order valence-corrected chi connectivity index (χ4v) is 4.35. The molecule has 0 bridgehead atoms. The third kappa shape index (κ3) is 2.91. The highest BCUT2D eigenvalue weighted by atomic mass is 32.1. The summed E-state index contributed by atoms with van der Waals surface area (Å²) in [5.41, 5.74) is 9.91. The molecule has 1 saturated heterocycles. The minimum absolute atomic E-state index is 0.909. The largest absolute Gasteiger partial charge is 0.397 e. The van der Waals surface area contributed by atoms with E-state index in [0.29, 0.717) is 0 Å². The van der Waals surface area contributed by atoms with Crippen LogP contribution in [-0.4, -0.2) is 18.1 Å². The van der Waals surface area contributed by atoms with E-state index in [2.05, 4.69) is 40.2 Å². The average Bonchev–Trinajstić information content (AvgIpc) is 3.23. The van der Waals surface area contributed by atoms with Gasteiger partial charge in [-0.1, -0.05) is 12.1 Å². The zero-order chi connectivity index (χ0) is 15.6. The van der Waals surface area contributed by atoms with Gasteiger partial charge in [0.15, 0.2) is 0 Å². The Morgan fingerprint density at radius 3 is 2.57 bits per heavy atom. The van der Waals surface area contributed by atoms with E-state index >= 15 is 0 Å². The maximum Gasteiger partial charge on any atom is 0.125 e. The van der Waals surface area contributed by atoms with Crippen molar-refractivity contribution >= 4 is 32.9 Å². The van der Waals surface area contributed by atoms with Crippen LogP contribution < -0.4 is 10.6 Å². The monoisotopic (exact) mass is 323 g/mol. The van der Waals surface area contributed by atoms with Crippen LogP contribution in [0.15, 0.2) is 42.6 Å². The second kappa shape index (κ2) is 6.20. The van der Waals surface area contributed by atoms with Crippen LogP contribution in [0.5, 0.6) is 0 Å². The lowest BCUT2D eigenvalue weighted by Crippen LogP contribution is -2.17. The van der Waals surface area contributed by atoms with Crippen LogP contribution in [0, 0.1) is 0 Å². The second-order valence-electron chi connectivity index (χ2n) is 6.16. The minimum Gasteiger partial charge on any atom is -0.397 e. The van der Waals surface area contributed by atoms with E-state index in [9.17, 15) is 0 Å². The van der Waals surface area contributed by atoms with Crippen LogP contribution in [0.4, 0.5) is 11.4 Å². The first-order valence-corrected chi connectivity index (χ1v) is 9.09. The van der Waals surface area contributed by atoms with Gasteiger partial charge in [-0.15, -0.1) is 11.3 Å². The SMILES string of the molecule is Nc1c(CCc2ccc(N3CCCC3)cc2)sc2ncccc12. The molecule has 0 aliphatic carbocycles. The van der Waals surface area contributed by atoms with Gasteiger partial charge in [-0.3, -0.25) is 0 Å². The van der Waals surface area contributed by atoms with Gasteiger partial charge in [0.2, 0.25) is 0 Å². The summed E-state index contributed by atoms with van der Waals surface area (Å²) in [6.45, 7) is 2.40. The summed E-state index contributed by atoms with van der Waals surface area (Å²) < 4.78 is 0. The number of thiophene rings is 1. The zero-order valence-electron chi connectivity index (χ0n) is 13.2. The molecule has 1 aromatic carbocycles. The maximum atomic E-state index is 6.27. The van der Waals surface area contributed by atoms with Crippen molar-refractivity contribution in [2.45, 2.75) is 25.7 Å². The van der Waals surface area contributed by atoms with Gasteiger partial charge >= 0.3 is 0 Å². The van der Waals surface area contributed by atoms with Crippen molar-refractivity contribution in [1.29, 1.82) is 0 Å². The van der Waals surface area contributed by atoms with E-state index < -0.39 is 0 Å². The molecule has 4 heteroatoms. The number of nitrogens with two attached hydrogens (primary N) is 1. The van der Waals surface area contributed by atoms with Gasteiger partial charge in [-0.2, -0.15) is 0 Å². The van der Waals surface area contributed by atoms with Crippen LogP contribution >= 0.6 is 11.3 Å². The third-order valence-corrected chi connectivity index (χ3v) is 5.82. The molecule has 2 aromatic heterocycles. The maximum absolute atomic E-state index is 6.27. The normalized spacial score (nSPS) is 14.7. The molecular formula is C19H21N3S. The van der Waals surface area contributed by atoms with Crippen molar-refractivity contribution in [3.63, 3.8) is 0 Å². The highest BCUT2D eigenvalue weighted by Crippen LogP contribution is 2.33. The molecule has 23 heavy (non-hydrogen) atoms. The highest BCUT2D eigenvalue weighted by molar-refractivity contribution is 7.19. The Morgan fingerprint density at radius 1 is 1.04 bits per heavy atom. The number of hydrogen-bond donors (Lipinski definition) is 1. The van der Waals surface area contributed by atoms with Crippen molar-refractivity contribution in [2.75, 3.05) is 23.7 Å². The molecule has 0 unspecified atom stereocenters. The Balaban J connectivity index is 1.46. The van der Waals surface area contributed by atoms with E-state index in [1.54, 1.807) is 11.3 Å². The number of nitrogens with zero attached hydrogens (tertiary/aromatic N) is 2. The van der Waals surface area contributed by atoms with Gasteiger partial charge in [0.05, 0.1) is 5.69 Å². The van der Waals surface area contributed by atoms with E-state index in [1.807, 2.05) is 12.3 Å². The fraction of sp³-hybridized carbons (Fsp3) is 0.316. The first-order chi connectivity index (χ1) is 11.3. The molecule has 1 aliphatic rings. The van der Waals surface area contributed by atoms with Gasteiger partial charge in [0, 0.05) is 35.2 Å². The molecule has 2 N–H and O–H groups in total. The van der Waals surface area contributed by atoms with Gasteiger partial charge in [0.25, 0.3) is 0 Å². The number of nitrogen functional groups attached to an aromatic ring is 1. The lowest BCUT2D eigenvalue weighted by molar-refractivity contribution is 0.949. The molecular weight excluding hydrogens is 302 g/mol. The smallest absolute Gasteiger partial charge is 0.125 e. The summed E-state index contributed by atoms with van der Waals surface area (Å²) in [5, 5.41) is 1.09. The predicted molar refractivity (Wildman–Crippen MR) is 99.3 cm³/mol. The Kier molecular flexibility index (Phi) is 3.92. The molecule has 0 amide bonds. The molecule has 3 heterocycles. The summed E-state index contributed by atoms with van der Waals surface area (Å²) >= 11 is 1.72. The summed E-state index contributed by atoms with van der Waals surface area (Å²) in [7, 11) is 0. The van der Waals surface area contributed by atoms with E-state index in [1.165, 1.54) is 42.1 Å². The summed E-state index contributed by atoms with van der Waals surface area (Å²) in [5.74, 6) is 0. The van der Waals surface area contributed by atoms with Gasteiger partial charge in [0.1, 0.15) is 4.83 Å². The van der Waals surface area contributed by atoms with Crippen LogP contribution in [-0.2, 0) is 12.8 Å². The summed E-state index contributed by atoms with van der Waals surface area (Å²) in [6, 6.07) is 13.0. The first kappa shape index (κ1) is 14.5. The number of anilines is 2. The molecule has 1 aliphatic heterocycles. The Morgan fingerprint density at radius 2 is 1.83 bits per heavy atom. The first-order valence-electron chi connectivity index (χ1n) is 8.27. The van der Waals surface area contributed by atoms with Gasteiger partial charge in [-0.25, -0.2) is 4.98 Å². The molecule has 0 atom stereocenters. The Bertz CT molecular complexity index is 801. The number of hydrogen-bond acceptors (Lipinski definition) is 4. The third-order valence-electron chi connectivity index (χ3n) is 4.63. The van der Waals surface area contributed by atoms with Crippen molar-refractivity contribution in [3.8, 4) is 0 Å². The Hall–Kier alpha value is -2.07. The van der Waals surface area contributed by atoms with Gasteiger partial charge in [-0.05, 0) is 55.5 Å². The van der Waals surface area contributed by atoms with E-state index in [0.717, 1.165) is 28.7 Å². The van der Waals surface area contributed by atoms with Crippen LogP contribution in [0.1, 0.15) is 23.3 Å². The minimum atomic E-state index is 0.909. The predicted octanol–water partition coefficient (Wildman–Crippen LogP) is 4.26. The number of benzene rings is 1. The molecule has 0 radical (unpaired) electrons. The van der Waals surface area contributed by atoms with E-state index in [-0.39, 0.29) is 0 Å². The van der Waals surface area contributed by atoms with Crippen LogP contribution in [0.25, 0.3) is 10.2 Å². The van der Waals surface area contributed by atoms with E-state index in [4.69, 9.17) is 5.73 Å². The van der Waals surface area contributed by atoms with Crippen molar-refractivity contribution < 1.29 is 0 Å². The number of aromatic nitrogens is 1. The fourth-order valence-electron chi connectivity index (χ4n) is 3.29. The summed E-state index contributed by atoms with van der Waals surface area (Å²) in [4.78, 5) is 9.18. The average molecular weight is 323 g/mol. The topological polar surface area (TPSA) is 42.1 Å². The lowest BCUT2D eigenvalue weighted by Gasteiger charge is -2.17. The molecule has 118 valence electrons. The zero-order valence-corrected chi connectivity index (χ0v) is 14.0. The van der Waals surface area contributed by atoms with Crippen molar-refractivity contribution in [2.24, 2.45) is 0 Å². The molecule has 1 fully saturated rings. The van der Waals surface area contributed by atoms with Gasteiger partial charge < -0.3 is 10.6 Å².